The normalized spacial score (nSPS) is 10.9. The molecular weight excluding hydrogens is 442 g/mol. The van der Waals surface area contributed by atoms with Gasteiger partial charge >= 0.3 is 0 Å². The standard InChI is InChI=1S/C21H25BrClN3O2/c1-3-11-26(12-4-2)18-8-5-16(6-9-18)14-24-25-21(27)15-28-20-10-7-17(23)13-19(20)22/h5-10,13-14H,3-4,11-12,15H2,1-2H3,(H,25,27). The summed E-state index contributed by atoms with van der Waals surface area (Å²) >= 11 is 9.22. The number of hydrogen-bond donors (Lipinski definition) is 1. The second-order valence-electron chi connectivity index (χ2n) is 6.24. The molecule has 7 heteroatoms. The lowest BCUT2D eigenvalue weighted by molar-refractivity contribution is -0.123. The zero-order chi connectivity index (χ0) is 20.4. The number of ether oxygens (including phenoxy) is 1. The van der Waals surface area contributed by atoms with E-state index in [4.69, 9.17) is 16.3 Å². The van der Waals surface area contributed by atoms with E-state index in [1.807, 2.05) is 12.1 Å². The van der Waals surface area contributed by atoms with Crippen molar-refractivity contribution < 1.29 is 9.53 Å². The van der Waals surface area contributed by atoms with Crippen molar-refractivity contribution in [3.05, 3.63) is 57.5 Å². The molecule has 1 amide bonds. The summed E-state index contributed by atoms with van der Waals surface area (Å²) < 4.78 is 6.14. The Hall–Kier alpha value is -2.05. The average molecular weight is 467 g/mol. The number of carbonyl (C=O) groups excluding carboxylic acids is 1. The highest BCUT2D eigenvalue weighted by Crippen LogP contribution is 2.27. The molecule has 2 aromatic rings. The molecule has 1 N–H and O–H groups in total. The predicted octanol–water partition coefficient (Wildman–Crippen LogP) is 5.26. The van der Waals surface area contributed by atoms with Gasteiger partial charge in [-0.25, -0.2) is 5.43 Å². The largest absolute Gasteiger partial charge is 0.483 e. The third kappa shape index (κ3) is 7.17. The Labute approximate surface area is 179 Å². The molecule has 0 radical (unpaired) electrons. The van der Waals surface area contributed by atoms with Gasteiger partial charge in [-0.15, -0.1) is 0 Å². The summed E-state index contributed by atoms with van der Waals surface area (Å²) in [6.45, 7) is 6.31. The first-order chi connectivity index (χ1) is 13.5. The molecule has 5 nitrogen and oxygen atoms in total. The van der Waals surface area contributed by atoms with Gasteiger partial charge in [-0.3, -0.25) is 4.79 Å². The summed E-state index contributed by atoms with van der Waals surface area (Å²) in [6, 6.07) is 13.2. The second kappa shape index (κ2) is 11.7. The van der Waals surface area contributed by atoms with Gasteiger partial charge in [0, 0.05) is 23.8 Å². The van der Waals surface area contributed by atoms with Crippen molar-refractivity contribution in [3.63, 3.8) is 0 Å². The summed E-state index contributed by atoms with van der Waals surface area (Å²) in [7, 11) is 0. The zero-order valence-corrected chi connectivity index (χ0v) is 18.5. The average Bonchev–Trinajstić information content (AvgIpc) is 2.68. The Bertz CT molecular complexity index is 791. The molecule has 0 aliphatic rings. The van der Waals surface area contributed by atoms with Crippen LogP contribution in [0.25, 0.3) is 0 Å². The molecule has 2 rings (SSSR count). The maximum absolute atomic E-state index is 11.9. The van der Waals surface area contributed by atoms with Crippen LogP contribution < -0.4 is 15.1 Å². The molecule has 0 atom stereocenters. The van der Waals surface area contributed by atoms with Crippen LogP contribution in [0, 0.1) is 0 Å². The SMILES string of the molecule is CCCN(CCC)c1ccc(C=NNC(=O)COc2ccc(Cl)cc2Br)cc1. The van der Waals surface area contributed by atoms with Crippen LogP contribution in [0.2, 0.25) is 5.02 Å². The van der Waals surface area contributed by atoms with Crippen molar-refractivity contribution in [3.8, 4) is 5.75 Å². The van der Waals surface area contributed by atoms with Crippen LogP contribution in [-0.4, -0.2) is 31.8 Å². The molecule has 0 saturated heterocycles. The fourth-order valence-electron chi connectivity index (χ4n) is 2.63. The van der Waals surface area contributed by atoms with Gasteiger partial charge in [-0.05, 0) is 64.7 Å². The molecule has 28 heavy (non-hydrogen) atoms. The minimum absolute atomic E-state index is 0.139. The third-order valence-electron chi connectivity index (χ3n) is 3.90. The van der Waals surface area contributed by atoms with Gasteiger partial charge < -0.3 is 9.64 Å². The number of amides is 1. The monoisotopic (exact) mass is 465 g/mol. The molecule has 150 valence electrons. The van der Waals surface area contributed by atoms with Gasteiger partial charge in [0.2, 0.25) is 0 Å². The van der Waals surface area contributed by atoms with E-state index < -0.39 is 0 Å². The van der Waals surface area contributed by atoms with E-state index in [1.54, 1.807) is 24.4 Å². The van der Waals surface area contributed by atoms with Crippen LogP contribution in [0.5, 0.6) is 5.75 Å². The van der Waals surface area contributed by atoms with Crippen LogP contribution in [0.4, 0.5) is 5.69 Å². The summed E-state index contributed by atoms with van der Waals surface area (Å²) in [5, 5.41) is 4.58. The lowest BCUT2D eigenvalue weighted by atomic mass is 10.2. The minimum atomic E-state index is -0.341. The molecule has 0 spiro atoms. The summed E-state index contributed by atoms with van der Waals surface area (Å²) in [6.07, 6.45) is 3.84. The van der Waals surface area contributed by atoms with Crippen LogP contribution in [0.15, 0.2) is 52.0 Å². The molecule has 0 fully saturated rings. The molecule has 0 aliphatic heterocycles. The summed E-state index contributed by atoms with van der Waals surface area (Å²) in [5.74, 6) is 0.203. The van der Waals surface area contributed by atoms with Gasteiger partial charge in [-0.2, -0.15) is 5.10 Å². The van der Waals surface area contributed by atoms with Crippen LogP contribution in [-0.2, 0) is 4.79 Å². The first-order valence-corrected chi connectivity index (χ1v) is 10.4. The van der Waals surface area contributed by atoms with Crippen LogP contribution in [0.3, 0.4) is 0 Å². The summed E-state index contributed by atoms with van der Waals surface area (Å²) in [4.78, 5) is 14.2. The maximum Gasteiger partial charge on any atom is 0.277 e. The van der Waals surface area contributed by atoms with Crippen molar-refractivity contribution in [2.24, 2.45) is 5.10 Å². The number of hydrogen-bond acceptors (Lipinski definition) is 4. The number of carbonyl (C=O) groups is 1. The number of halogens is 2. The Morgan fingerprint density at radius 2 is 1.86 bits per heavy atom. The predicted molar refractivity (Wildman–Crippen MR) is 120 cm³/mol. The van der Waals surface area contributed by atoms with E-state index in [1.165, 1.54) is 5.69 Å². The number of nitrogens with one attached hydrogen (secondary N) is 1. The second-order valence-corrected chi connectivity index (χ2v) is 7.53. The molecule has 0 heterocycles. The van der Waals surface area contributed by atoms with Gasteiger partial charge in [0.15, 0.2) is 6.61 Å². The van der Waals surface area contributed by atoms with Crippen molar-refractivity contribution in [2.75, 3.05) is 24.6 Å². The van der Waals surface area contributed by atoms with Gasteiger partial charge in [0.1, 0.15) is 5.75 Å². The molecule has 0 saturated carbocycles. The topological polar surface area (TPSA) is 53.9 Å². The highest BCUT2D eigenvalue weighted by Gasteiger charge is 2.06. The fourth-order valence-corrected chi connectivity index (χ4v) is 3.42. The third-order valence-corrected chi connectivity index (χ3v) is 4.76. The lowest BCUT2D eigenvalue weighted by Crippen LogP contribution is -2.25. The molecule has 0 unspecified atom stereocenters. The van der Waals surface area contributed by atoms with Crippen LogP contribution in [0.1, 0.15) is 32.3 Å². The van der Waals surface area contributed by atoms with E-state index in [2.05, 4.69) is 57.3 Å². The van der Waals surface area contributed by atoms with E-state index in [9.17, 15) is 4.79 Å². The van der Waals surface area contributed by atoms with Gasteiger partial charge in [-0.1, -0.05) is 37.6 Å². The molecule has 0 bridgehead atoms. The lowest BCUT2D eigenvalue weighted by Gasteiger charge is -2.23. The van der Waals surface area contributed by atoms with Crippen molar-refractivity contribution in [1.82, 2.24) is 5.43 Å². The highest BCUT2D eigenvalue weighted by molar-refractivity contribution is 9.10. The number of rotatable bonds is 10. The molecule has 0 aromatic heterocycles. The van der Waals surface area contributed by atoms with Crippen molar-refractivity contribution in [1.29, 1.82) is 0 Å². The quantitative estimate of drug-likeness (QED) is 0.384. The number of benzene rings is 2. The smallest absolute Gasteiger partial charge is 0.277 e. The van der Waals surface area contributed by atoms with Gasteiger partial charge in [0.05, 0.1) is 10.7 Å². The van der Waals surface area contributed by atoms with Crippen molar-refractivity contribution >= 4 is 45.3 Å². The van der Waals surface area contributed by atoms with E-state index >= 15 is 0 Å². The molecular formula is C21H25BrClN3O2. The highest BCUT2D eigenvalue weighted by atomic mass is 79.9. The Balaban J connectivity index is 1.83. The number of nitrogens with zero attached hydrogens (tertiary/aromatic N) is 2. The molecule has 0 aliphatic carbocycles. The Morgan fingerprint density at radius 1 is 1.18 bits per heavy atom. The van der Waals surface area contributed by atoms with Crippen molar-refractivity contribution in [2.45, 2.75) is 26.7 Å². The zero-order valence-electron chi connectivity index (χ0n) is 16.1. The van der Waals surface area contributed by atoms with E-state index in [0.717, 1.165) is 31.5 Å². The van der Waals surface area contributed by atoms with Gasteiger partial charge in [0.25, 0.3) is 5.91 Å². The van der Waals surface area contributed by atoms with Crippen LogP contribution >= 0.6 is 27.5 Å². The first-order valence-electron chi connectivity index (χ1n) is 9.28. The minimum Gasteiger partial charge on any atom is -0.483 e. The van der Waals surface area contributed by atoms with E-state index in [0.29, 0.717) is 15.2 Å². The number of anilines is 1. The Kier molecular flexibility index (Phi) is 9.31. The Morgan fingerprint density at radius 3 is 2.46 bits per heavy atom. The number of hydrazone groups is 1. The fraction of sp³-hybridized carbons (Fsp3) is 0.333. The summed E-state index contributed by atoms with van der Waals surface area (Å²) in [5.41, 5.74) is 4.58. The molecule has 2 aromatic carbocycles. The first kappa shape index (κ1) is 22.2. The van der Waals surface area contributed by atoms with E-state index in [-0.39, 0.29) is 12.5 Å². The maximum atomic E-state index is 11.9.